The molecule has 6 atom stereocenters. The first-order valence-electron chi connectivity index (χ1n) is 18.8. The van der Waals surface area contributed by atoms with Crippen molar-refractivity contribution in [1.29, 1.82) is 0 Å². The van der Waals surface area contributed by atoms with Crippen LogP contribution in [-0.4, -0.2) is 69.2 Å². The summed E-state index contributed by atoms with van der Waals surface area (Å²) in [6, 6.07) is 8.80. The van der Waals surface area contributed by atoms with Crippen LogP contribution in [0.5, 0.6) is 0 Å². The number of esters is 1. The molecule has 0 saturated heterocycles. The van der Waals surface area contributed by atoms with Crippen LogP contribution in [0.1, 0.15) is 123 Å². The van der Waals surface area contributed by atoms with E-state index in [0.717, 1.165) is 32.2 Å². The average Bonchev–Trinajstić information content (AvgIpc) is 3.08. The molecule has 1 aromatic heterocycles. The molecule has 1 N–H and O–H groups in total. The van der Waals surface area contributed by atoms with Crippen molar-refractivity contribution >= 4 is 5.97 Å². The third-order valence-electron chi connectivity index (χ3n) is 10.4. The van der Waals surface area contributed by atoms with Gasteiger partial charge in [-0.05, 0) is 80.2 Å². The SMILES string of the molecule is CCCCn1c(=O)n(CC(C)CCC(C)c2cccc(C(C)CC)c2)c(=O)n(CC(C)CC(CC)C(=O)OCC(O)C[N+](C)(C)CC)c1=O. The number of nitrogens with zero attached hydrogens (tertiary/aromatic N) is 4. The molecule has 0 saturated carbocycles. The highest BCUT2D eigenvalue weighted by Gasteiger charge is 2.26. The van der Waals surface area contributed by atoms with E-state index in [2.05, 4.69) is 52.0 Å². The Labute approximate surface area is 294 Å². The van der Waals surface area contributed by atoms with Gasteiger partial charge in [-0.1, -0.05) is 79.2 Å². The lowest BCUT2D eigenvalue weighted by Crippen LogP contribution is -2.55. The van der Waals surface area contributed by atoms with Crippen molar-refractivity contribution in [3.63, 3.8) is 0 Å². The Morgan fingerprint density at radius 2 is 1.39 bits per heavy atom. The van der Waals surface area contributed by atoms with Crippen LogP contribution in [0.2, 0.25) is 0 Å². The van der Waals surface area contributed by atoms with E-state index in [1.54, 1.807) is 0 Å². The largest absolute Gasteiger partial charge is 0.462 e. The molecule has 0 radical (unpaired) electrons. The van der Waals surface area contributed by atoms with E-state index in [-0.39, 0.29) is 44.0 Å². The molecule has 10 heteroatoms. The molecule has 1 aromatic carbocycles. The van der Waals surface area contributed by atoms with E-state index in [0.29, 0.717) is 42.1 Å². The van der Waals surface area contributed by atoms with Crippen molar-refractivity contribution in [2.24, 2.45) is 17.8 Å². The van der Waals surface area contributed by atoms with Crippen molar-refractivity contribution in [3.8, 4) is 0 Å². The van der Waals surface area contributed by atoms with E-state index in [9.17, 15) is 24.3 Å². The van der Waals surface area contributed by atoms with Crippen LogP contribution >= 0.6 is 0 Å². The zero-order valence-electron chi connectivity index (χ0n) is 32.2. The topological polar surface area (TPSA) is 113 Å². The molecule has 0 spiro atoms. The minimum absolute atomic E-state index is 0.0462. The number of carbonyl (C=O) groups excluding carboxylic acids is 1. The molecule has 0 amide bonds. The van der Waals surface area contributed by atoms with Gasteiger partial charge in [-0.15, -0.1) is 0 Å². The lowest BCUT2D eigenvalue weighted by molar-refractivity contribution is -0.891. The van der Waals surface area contributed by atoms with Gasteiger partial charge in [0.1, 0.15) is 19.3 Å². The summed E-state index contributed by atoms with van der Waals surface area (Å²) in [6.07, 6.45) is 4.47. The summed E-state index contributed by atoms with van der Waals surface area (Å²) in [5.74, 6) is -0.142. The van der Waals surface area contributed by atoms with Gasteiger partial charge in [-0.3, -0.25) is 4.79 Å². The Bertz CT molecular complexity index is 1490. The molecule has 49 heavy (non-hydrogen) atoms. The van der Waals surface area contributed by atoms with E-state index >= 15 is 0 Å². The standard InChI is InChI=1S/C39H67N4O6/c1-11-15-21-40-37(46)41(24-28(5)19-20-31(8)34-18-16-17-33(23-34)30(7)12-2)39(48)42(38(40)47)25-29(6)22-32(13-3)36(45)49-27-35(44)26-43(9,10)14-4/h16-18,23,28-32,35,44H,11-15,19-22,24-27H2,1-10H3/q+1. The van der Waals surface area contributed by atoms with Gasteiger partial charge in [-0.2, -0.15) is 0 Å². The minimum Gasteiger partial charge on any atom is -0.462 e. The fourth-order valence-corrected chi connectivity index (χ4v) is 6.36. The first kappa shape index (κ1) is 42.2. The van der Waals surface area contributed by atoms with Crippen molar-refractivity contribution in [2.45, 2.75) is 138 Å². The number of aliphatic hydroxyl groups is 1. The van der Waals surface area contributed by atoms with Crippen molar-refractivity contribution in [1.82, 2.24) is 13.7 Å². The number of carbonyl (C=O) groups is 1. The van der Waals surface area contributed by atoms with Gasteiger partial charge >= 0.3 is 23.0 Å². The Morgan fingerprint density at radius 1 is 0.816 bits per heavy atom. The van der Waals surface area contributed by atoms with Crippen molar-refractivity contribution in [3.05, 3.63) is 66.8 Å². The molecular weight excluding hydrogens is 620 g/mol. The number of benzene rings is 1. The van der Waals surface area contributed by atoms with Crippen LogP contribution in [-0.2, 0) is 29.2 Å². The number of ether oxygens (including phenoxy) is 1. The number of unbranched alkanes of at least 4 members (excludes halogenated alkanes) is 1. The van der Waals surface area contributed by atoms with E-state index in [1.807, 2.05) is 41.8 Å². The lowest BCUT2D eigenvalue weighted by atomic mass is 9.89. The summed E-state index contributed by atoms with van der Waals surface area (Å²) >= 11 is 0. The molecule has 6 unspecified atom stereocenters. The molecule has 0 aliphatic carbocycles. The van der Waals surface area contributed by atoms with Gasteiger partial charge in [0.15, 0.2) is 0 Å². The summed E-state index contributed by atoms with van der Waals surface area (Å²) in [7, 11) is 4.03. The minimum atomic E-state index is -0.763. The van der Waals surface area contributed by atoms with Crippen LogP contribution in [0.15, 0.2) is 38.6 Å². The summed E-state index contributed by atoms with van der Waals surface area (Å²) in [5, 5.41) is 10.4. The molecule has 0 bridgehead atoms. The molecule has 10 nitrogen and oxygen atoms in total. The molecule has 0 fully saturated rings. The Kier molecular flexibility index (Phi) is 17.2. The normalized spacial score (nSPS) is 15.7. The molecule has 2 rings (SSSR count). The highest BCUT2D eigenvalue weighted by molar-refractivity contribution is 5.72. The number of quaternary nitrogens is 1. The van der Waals surface area contributed by atoms with Gasteiger partial charge in [0, 0.05) is 19.6 Å². The smallest absolute Gasteiger partial charge is 0.336 e. The Morgan fingerprint density at radius 3 is 1.94 bits per heavy atom. The predicted octanol–water partition coefficient (Wildman–Crippen LogP) is 5.76. The third-order valence-corrected chi connectivity index (χ3v) is 10.4. The van der Waals surface area contributed by atoms with Gasteiger partial charge in [0.25, 0.3) is 0 Å². The number of aliphatic hydroxyl groups excluding tert-OH is 1. The second kappa shape index (κ2) is 20.0. The fraction of sp³-hybridized carbons (Fsp3) is 0.744. The zero-order chi connectivity index (χ0) is 36.9. The van der Waals surface area contributed by atoms with Gasteiger partial charge < -0.3 is 14.3 Å². The fourth-order valence-electron chi connectivity index (χ4n) is 6.36. The number of hydrogen-bond donors (Lipinski definition) is 1. The maximum Gasteiger partial charge on any atom is 0.336 e. The van der Waals surface area contributed by atoms with Gasteiger partial charge in [0.2, 0.25) is 0 Å². The van der Waals surface area contributed by atoms with Crippen LogP contribution in [0.25, 0.3) is 0 Å². The van der Waals surface area contributed by atoms with Crippen molar-refractivity contribution in [2.75, 3.05) is 33.8 Å². The Hall–Kier alpha value is -2.98. The van der Waals surface area contributed by atoms with Crippen LogP contribution in [0.4, 0.5) is 0 Å². The lowest BCUT2D eigenvalue weighted by Gasteiger charge is -2.30. The maximum absolute atomic E-state index is 13.8. The quantitative estimate of drug-likeness (QED) is 0.125. The molecule has 278 valence electrons. The molecule has 0 aliphatic heterocycles. The number of hydrogen-bond acceptors (Lipinski definition) is 6. The van der Waals surface area contributed by atoms with Gasteiger partial charge in [-0.25, -0.2) is 28.1 Å². The maximum atomic E-state index is 13.8. The summed E-state index contributed by atoms with van der Waals surface area (Å²) in [4.78, 5) is 53.9. The van der Waals surface area contributed by atoms with Crippen LogP contribution in [0, 0.1) is 17.8 Å². The summed E-state index contributed by atoms with van der Waals surface area (Å²) < 4.78 is 9.75. The first-order valence-corrected chi connectivity index (χ1v) is 18.8. The number of likely N-dealkylation sites (N-methyl/N-ethyl adjacent to an activating group) is 1. The monoisotopic (exact) mass is 688 g/mol. The predicted molar refractivity (Wildman–Crippen MR) is 198 cm³/mol. The van der Waals surface area contributed by atoms with Crippen LogP contribution < -0.4 is 17.1 Å². The number of aromatic nitrogens is 3. The van der Waals surface area contributed by atoms with E-state index in [1.165, 1.54) is 24.8 Å². The second-order valence-electron chi connectivity index (χ2n) is 15.3. The Balaban J connectivity index is 2.21. The molecule has 2 aromatic rings. The molecule has 1 heterocycles. The van der Waals surface area contributed by atoms with Crippen LogP contribution in [0.3, 0.4) is 0 Å². The van der Waals surface area contributed by atoms with Gasteiger partial charge in [0.05, 0.1) is 26.6 Å². The summed E-state index contributed by atoms with van der Waals surface area (Å²) in [5.41, 5.74) is 0.918. The first-order chi connectivity index (χ1) is 23.1. The highest BCUT2D eigenvalue weighted by Crippen LogP contribution is 2.27. The number of rotatable bonds is 22. The summed E-state index contributed by atoms with van der Waals surface area (Å²) in [6.45, 7) is 18.4. The molecular formula is C39H67N4O6+. The third kappa shape index (κ3) is 12.7. The van der Waals surface area contributed by atoms with Crippen molar-refractivity contribution < 1.29 is 19.1 Å². The highest BCUT2D eigenvalue weighted by atomic mass is 16.5. The van der Waals surface area contributed by atoms with E-state index in [4.69, 9.17) is 4.74 Å². The van der Waals surface area contributed by atoms with E-state index < -0.39 is 29.1 Å². The second-order valence-corrected chi connectivity index (χ2v) is 15.3. The zero-order valence-corrected chi connectivity index (χ0v) is 32.2. The average molecular weight is 688 g/mol. The molecule has 0 aliphatic rings.